The van der Waals surface area contributed by atoms with Crippen LogP contribution in [0.5, 0.6) is 11.5 Å². The Labute approximate surface area is 168 Å². The topological polar surface area (TPSA) is 128 Å². The van der Waals surface area contributed by atoms with Crippen LogP contribution >= 0.6 is 0 Å². The molecule has 1 N–H and O–H groups in total. The molecule has 0 saturated carbocycles. The first-order valence-corrected chi connectivity index (χ1v) is 9.95. The molecule has 11 heteroatoms. The molecule has 29 heavy (non-hydrogen) atoms. The number of hydrogen-bond donors (Lipinski definition) is 1. The summed E-state index contributed by atoms with van der Waals surface area (Å²) >= 11 is 0. The number of sulfonamides is 1. The highest BCUT2D eigenvalue weighted by atomic mass is 32.2. The van der Waals surface area contributed by atoms with Crippen molar-refractivity contribution in [3.8, 4) is 11.5 Å². The lowest BCUT2D eigenvalue weighted by Crippen LogP contribution is -2.41. The minimum absolute atomic E-state index is 0.0395. The van der Waals surface area contributed by atoms with Crippen molar-refractivity contribution in [2.75, 3.05) is 31.6 Å². The number of ether oxygens (including phenoxy) is 2. The fourth-order valence-corrected chi connectivity index (χ4v) is 4.21. The summed E-state index contributed by atoms with van der Waals surface area (Å²) in [5, 5.41) is 13.9. The van der Waals surface area contributed by atoms with Crippen molar-refractivity contribution in [3.05, 3.63) is 52.6 Å². The molecule has 1 amide bonds. The number of likely N-dealkylation sites (N-methyl/N-ethyl adjacent to an activating group) is 1. The van der Waals surface area contributed by atoms with Crippen LogP contribution in [0.1, 0.15) is 6.92 Å². The molecule has 0 spiro atoms. The fourth-order valence-electron chi connectivity index (χ4n) is 2.62. The van der Waals surface area contributed by atoms with E-state index in [0.29, 0.717) is 5.75 Å². The average Bonchev–Trinajstić information content (AvgIpc) is 2.71. The second kappa shape index (κ2) is 9.24. The van der Waals surface area contributed by atoms with Crippen LogP contribution in [0.3, 0.4) is 0 Å². The summed E-state index contributed by atoms with van der Waals surface area (Å²) in [4.78, 5) is 22.3. The number of rotatable bonds is 9. The van der Waals surface area contributed by atoms with Crippen molar-refractivity contribution in [1.29, 1.82) is 0 Å². The quantitative estimate of drug-likeness (QED) is 0.482. The molecule has 0 unspecified atom stereocenters. The number of nitrogens with zero attached hydrogens (tertiary/aromatic N) is 2. The Morgan fingerprint density at radius 3 is 2.45 bits per heavy atom. The minimum Gasteiger partial charge on any atom is -0.497 e. The summed E-state index contributed by atoms with van der Waals surface area (Å²) in [6, 6.07) is 9.29. The zero-order valence-corrected chi connectivity index (χ0v) is 16.9. The summed E-state index contributed by atoms with van der Waals surface area (Å²) in [6.45, 7) is 1.38. The van der Waals surface area contributed by atoms with Gasteiger partial charge in [0.25, 0.3) is 15.7 Å². The highest BCUT2D eigenvalue weighted by Crippen LogP contribution is 2.37. The third-order valence-corrected chi connectivity index (χ3v) is 5.75. The number of carbonyl (C=O) groups is 1. The van der Waals surface area contributed by atoms with Crippen LogP contribution in [0.25, 0.3) is 0 Å². The number of nitro groups is 1. The summed E-state index contributed by atoms with van der Waals surface area (Å²) < 4.78 is 37.9. The normalized spacial score (nSPS) is 10.9. The van der Waals surface area contributed by atoms with Crippen LogP contribution < -0.4 is 19.1 Å². The van der Waals surface area contributed by atoms with Gasteiger partial charge in [-0.2, -0.15) is 0 Å². The molecule has 2 aromatic rings. The first-order chi connectivity index (χ1) is 13.8. The molecule has 0 radical (unpaired) electrons. The molecule has 2 rings (SSSR count). The smallest absolute Gasteiger partial charge is 0.289 e. The molecular formula is C18H21N3O7S. The molecule has 2 aromatic carbocycles. The molecule has 0 aliphatic carbocycles. The lowest BCUT2D eigenvalue weighted by atomic mass is 10.2. The summed E-state index contributed by atoms with van der Waals surface area (Å²) in [6.07, 6.45) is 0. The number of methoxy groups -OCH3 is 2. The number of benzene rings is 2. The van der Waals surface area contributed by atoms with Gasteiger partial charge >= 0.3 is 0 Å². The molecule has 0 aliphatic rings. The molecule has 0 bridgehead atoms. The van der Waals surface area contributed by atoms with Crippen LogP contribution in [0.15, 0.2) is 47.4 Å². The van der Waals surface area contributed by atoms with Gasteiger partial charge in [-0.1, -0.05) is 12.1 Å². The van der Waals surface area contributed by atoms with Gasteiger partial charge in [0.1, 0.15) is 18.0 Å². The van der Waals surface area contributed by atoms with Crippen molar-refractivity contribution >= 4 is 27.3 Å². The van der Waals surface area contributed by atoms with Crippen molar-refractivity contribution < 1.29 is 27.6 Å². The largest absolute Gasteiger partial charge is 0.497 e. The number of carbonyl (C=O) groups excluding carboxylic acids is 1. The monoisotopic (exact) mass is 423 g/mol. The maximum atomic E-state index is 13.4. The summed E-state index contributed by atoms with van der Waals surface area (Å²) in [7, 11) is -1.72. The summed E-state index contributed by atoms with van der Waals surface area (Å²) in [5.41, 5.74) is -0.557. The number of amides is 1. The van der Waals surface area contributed by atoms with E-state index < -0.39 is 38.0 Å². The maximum Gasteiger partial charge on any atom is 0.289 e. The van der Waals surface area contributed by atoms with Crippen LogP contribution in [-0.4, -0.2) is 46.6 Å². The zero-order chi connectivity index (χ0) is 21.6. The molecule has 10 nitrogen and oxygen atoms in total. The molecule has 0 aromatic heterocycles. The van der Waals surface area contributed by atoms with Crippen LogP contribution in [-0.2, 0) is 14.8 Å². The van der Waals surface area contributed by atoms with Crippen molar-refractivity contribution in [2.24, 2.45) is 0 Å². The first-order valence-electron chi connectivity index (χ1n) is 8.51. The molecule has 0 aliphatic heterocycles. The Bertz CT molecular complexity index is 1010. The van der Waals surface area contributed by atoms with Gasteiger partial charge in [-0.3, -0.25) is 19.2 Å². The molecule has 156 valence electrons. The van der Waals surface area contributed by atoms with Gasteiger partial charge < -0.3 is 14.8 Å². The summed E-state index contributed by atoms with van der Waals surface area (Å²) in [5.74, 6) is -0.0463. The van der Waals surface area contributed by atoms with Gasteiger partial charge in [-0.15, -0.1) is 0 Å². The van der Waals surface area contributed by atoms with E-state index in [0.717, 1.165) is 16.4 Å². The van der Waals surface area contributed by atoms with Gasteiger partial charge in [0, 0.05) is 18.7 Å². The van der Waals surface area contributed by atoms with Crippen molar-refractivity contribution in [1.82, 2.24) is 5.32 Å². The average molecular weight is 423 g/mol. The Hall–Kier alpha value is -3.34. The number of anilines is 1. The second-order valence-corrected chi connectivity index (χ2v) is 7.56. The standard InChI is InChI=1S/C18H21N3O7S/c1-4-19-18(22)12-20(14-10-9-13(27-2)11-16(14)28-3)29(25,26)17-8-6-5-7-15(17)21(23)24/h5-11H,4,12H2,1-3H3,(H,19,22). The number of para-hydroxylation sites is 1. The first kappa shape index (κ1) is 22.0. The second-order valence-electron chi connectivity index (χ2n) is 5.73. The van der Waals surface area contributed by atoms with Gasteiger partial charge in [0.2, 0.25) is 5.91 Å². The van der Waals surface area contributed by atoms with E-state index in [1.807, 2.05) is 0 Å². The third-order valence-electron chi connectivity index (χ3n) is 3.95. The highest BCUT2D eigenvalue weighted by molar-refractivity contribution is 7.93. The maximum absolute atomic E-state index is 13.4. The van der Waals surface area contributed by atoms with E-state index in [2.05, 4.69) is 5.32 Å². The fraction of sp³-hybridized carbons (Fsp3) is 0.278. The van der Waals surface area contributed by atoms with E-state index >= 15 is 0 Å². The van der Waals surface area contributed by atoms with Gasteiger partial charge in [0.15, 0.2) is 4.90 Å². The van der Waals surface area contributed by atoms with Crippen molar-refractivity contribution in [2.45, 2.75) is 11.8 Å². The van der Waals surface area contributed by atoms with Crippen LogP contribution in [0.2, 0.25) is 0 Å². The molecule has 0 atom stereocenters. The SMILES string of the molecule is CCNC(=O)CN(c1ccc(OC)cc1OC)S(=O)(=O)c1ccccc1[N+](=O)[O-]. The highest BCUT2D eigenvalue weighted by Gasteiger charge is 2.34. The van der Waals surface area contributed by atoms with E-state index in [1.165, 1.54) is 44.6 Å². The van der Waals surface area contributed by atoms with Gasteiger partial charge in [0.05, 0.1) is 24.8 Å². The minimum atomic E-state index is -4.49. The van der Waals surface area contributed by atoms with E-state index in [4.69, 9.17) is 9.47 Å². The Morgan fingerprint density at radius 1 is 1.17 bits per heavy atom. The van der Waals surface area contributed by atoms with Gasteiger partial charge in [-0.25, -0.2) is 8.42 Å². The van der Waals surface area contributed by atoms with Gasteiger partial charge in [-0.05, 0) is 25.1 Å². The van der Waals surface area contributed by atoms with Crippen molar-refractivity contribution in [3.63, 3.8) is 0 Å². The van der Waals surface area contributed by atoms with Crippen LogP contribution in [0.4, 0.5) is 11.4 Å². The van der Waals surface area contributed by atoms with E-state index in [-0.39, 0.29) is 18.0 Å². The molecule has 0 heterocycles. The molecular weight excluding hydrogens is 402 g/mol. The predicted molar refractivity (Wildman–Crippen MR) is 106 cm³/mol. The van der Waals surface area contributed by atoms with E-state index in [1.54, 1.807) is 6.92 Å². The number of hydrogen-bond acceptors (Lipinski definition) is 7. The zero-order valence-electron chi connectivity index (χ0n) is 16.1. The Morgan fingerprint density at radius 2 is 1.86 bits per heavy atom. The molecule has 0 saturated heterocycles. The van der Waals surface area contributed by atoms with E-state index in [9.17, 15) is 23.3 Å². The number of nitrogens with one attached hydrogen (secondary N) is 1. The molecule has 0 fully saturated rings. The Kier molecular flexibility index (Phi) is 6.99. The third kappa shape index (κ3) is 4.74. The Balaban J connectivity index is 2.69. The lowest BCUT2D eigenvalue weighted by Gasteiger charge is -2.25. The van der Waals surface area contributed by atoms with Crippen LogP contribution in [0, 0.1) is 10.1 Å². The predicted octanol–water partition coefficient (Wildman–Crippen LogP) is 1.94. The number of nitro benzene ring substituents is 1. The lowest BCUT2D eigenvalue weighted by molar-refractivity contribution is -0.387.